The summed E-state index contributed by atoms with van der Waals surface area (Å²) in [5, 5.41) is 5.84. The van der Waals surface area contributed by atoms with Gasteiger partial charge < -0.3 is 15.5 Å². The van der Waals surface area contributed by atoms with Crippen molar-refractivity contribution in [3.05, 3.63) is 95.8 Å². The summed E-state index contributed by atoms with van der Waals surface area (Å²) < 4.78 is 13.2. The third-order valence-corrected chi connectivity index (χ3v) is 5.92. The number of nitrogens with zero attached hydrogens (tertiary/aromatic N) is 2. The van der Waals surface area contributed by atoms with Crippen molar-refractivity contribution in [1.82, 2.24) is 10.2 Å². The molecule has 1 fully saturated rings. The Bertz CT molecular complexity index is 1100. The van der Waals surface area contributed by atoms with Gasteiger partial charge in [0.15, 0.2) is 0 Å². The third kappa shape index (κ3) is 6.42. The van der Waals surface area contributed by atoms with E-state index in [1.165, 1.54) is 12.1 Å². The van der Waals surface area contributed by atoms with Gasteiger partial charge in [0, 0.05) is 38.4 Å². The number of halogens is 1. The van der Waals surface area contributed by atoms with E-state index >= 15 is 0 Å². The van der Waals surface area contributed by atoms with Crippen molar-refractivity contribution in [3.63, 3.8) is 0 Å². The second-order valence-electron chi connectivity index (χ2n) is 8.32. The van der Waals surface area contributed by atoms with Gasteiger partial charge in [0.2, 0.25) is 5.91 Å². The summed E-state index contributed by atoms with van der Waals surface area (Å²) in [5.41, 5.74) is 3.10. The molecule has 2 amide bonds. The smallest absolute Gasteiger partial charge is 0.253 e. The van der Waals surface area contributed by atoms with Gasteiger partial charge in [-0.1, -0.05) is 42.5 Å². The van der Waals surface area contributed by atoms with E-state index in [4.69, 9.17) is 0 Å². The Balaban J connectivity index is 1.26. The molecule has 4 rings (SSSR count). The van der Waals surface area contributed by atoms with Gasteiger partial charge in [-0.3, -0.25) is 14.5 Å². The van der Waals surface area contributed by atoms with Crippen LogP contribution in [0.1, 0.15) is 15.9 Å². The third-order valence-electron chi connectivity index (χ3n) is 5.92. The van der Waals surface area contributed by atoms with Crippen molar-refractivity contribution < 1.29 is 14.0 Å². The predicted octanol–water partition coefficient (Wildman–Crippen LogP) is 3.56. The molecule has 0 unspecified atom stereocenters. The minimum Gasteiger partial charge on any atom is -0.369 e. The molecule has 6 nitrogen and oxygen atoms in total. The number of carbonyl (C=O) groups is 2. The number of benzene rings is 3. The highest BCUT2D eigenvalue weighted by Crippen LogP contribution is 2.18. The van der Waals surface area contributed by atoms with E-state index in [2.05, 4.69) is 20.4 Å². The lowest BCUT2D eigenvalue weighted by Gasteiger charge is -2.35. The van der Waals surface area contributed by atoms with Crippen molar-refractivity contribution in [1.29, 1.82) is 0 Å². The standard InChI is InChI=1S/C27H29FN4O2/c28-22-10-12-23(13-11-22)32-18-16-31(17-19-32)20-26(33)30-25-9-5-4-8-24(25)27(34)29-15-14-21-6-2-1-3-7-21/h1-13H,14-20H2,(H,29,34)(H,30,33). The summed E-state index contributed by atoms with van der Waals surface area (Å²) in [5.74, 6) is -0.608. The van der Waals surface area contributed by atoms with Crippen molar-refractivity contribution in [2.24, 2.45) is 0 Å². The monoisotopic (exact) mass is 460 g/mol. The maximum absolute atomic E-state index is 13.2. The maximum atomic E-state index is 13.2. The van der Waals surface area contributed by atoms with E-state index in [0.29, 0.717) is 17.8 Å². The van der Waals surface area contributed by atoms with Crippen LogP contribution < -0.4 is 15.5 Å². The van der Waals surface area contributed by atoms with Gasteiger partial charge in [-0.2, -0.15) is 0 Å². The fraction of sp³-hybridized carbons (Fsp3) is 0.259. The first-order valence-electron chi connectivity index (χ1n) is 11.5. The average molecular weight is 461 g/mol. The Morgan fingerprint density at radius 3 is 2.24 bits per heavy atom. The number of hydrogen-bond acceptors (Lipinski definition) is 4. The van der Waals surface area contributed by atoms with Crippen LogP contribution in [0, 0.1) is 5.82 Å². The molecule has 0 saturated carbocycles. The highest BCUT2D eigenvalue weighted by atomic mass is 19.1. The molecule has 0 atom stereocenters. The molecule has 3 aromatic carbocycles. The number of carbonyl (C=O) groups excluding carboxylic acids is 2. The fourth-order valence-corrected chi connectivity index (χ4v) is 4.06. The van der Waals surface area contributed by atoms with Crippen LogP contribution in [-0.2, 0) is 11.2 Å². The first kappa shape index (κ1) is 23.4. The zero-order valence-corrected chi connectivity index (χ0v) is 19.0. The van der Waals surface area contributed by atoms with E-state index in [-0.39, 0.29) is 24.2 Å². The number of nitrogens with one attached hydrogen (secondary N) is 2. The summed E-state index contributed by atoms with van der Waals surface area (Å²) in [7, 11) is 0. The summed E-state index contributed by atoms with van der Waals surface area (Å²) in [6.07, 6.45) is 0.741. The van der Waals surface area contributed by atoms with Gasteiger partial charge in [-0.25, -0.2) is 4.39 Å². The predicted molar refractivity (Wildman–Crippen MR) is 133 cm³/mol. The van der Waals surface area contributed by atoms with Crippen LogP contribution in [0.5, 0.6) is 0 Å². The van der Waals surface area contributed by atoms with Gasteiger partial charge in [-0.15, -0.1) is 0 Å². The van der Waals surface area contributed by atoms with Crippen molar-refractivity contribution in [2.75, 3.05) is 49.5 Å². The van der Waals surface area contributed by atoms with Crippen LogP contribution in [0.2, 0.25) is 0 Å². The SMILES string of the molecule is O=C(CN1CCN(c2ccc(F)cc2)CC1)Nc1ccccc1C(=O)NCCc1ccccc1. The second-order valence-corrected chi connectivity index (χ2v) is 8.32. The van der Waals surface area contributed by atoms with Gasteiger partial charge in [0.05, 0.1) is 17.8 Å². The van der Waals surface area contributed by atoms with Crippen LogP contribution in [0.25, 0.3) is 0 Å². The highest BCUT2D eigenvalue weighted by molar-refractivity contribution is 6.04. The first-order chi connectivity index (χ1) is 16.6. The number of hydrogen-bond donors (Lipinski definition) is 2. The highest BCUT2D eigenvalue weighted by Gasteiger charge is 2.20. The minimum absolute atomic E-state index is 0.153. The second kappa shape index (κ2) is 11.4. The molecule has 3 aromatic rings. The Kier molecular flexibility index (Phi) is 7.88. The van der Waals surface area contributed by atoms with Crippen LogP contribution >= 0.6 is 0 Å². The summed E-state index contributed by atoms with van der Waals surface area (Å²) >= 11 is 0. The van der Waals surface area contributed by atoms with E-state index in [1.807, 2.05) is 30.3 Å². The number of para-hydroxylation sites is 1. The molecule has 2 N–H and O–H groups in total. The topological polar surface area (TPSA) is 64.7 Å². The molecule has 0 bridgehead atoms. The fourth-order valence-electron chi connectivity index (χ4n) is 4.06. The molecule has 34 heavy (non-hydrogen) atoms. The van der Waals surface area contributed by atoms with Gasteiger partial charge in [0.1, 0.15) is 5.82 Å². The lowest BCUT2D eigenvalue weighted by Crippen LogP contribution is -2.48. The van der Waals surface area contributed by atoms with Crippen LogP contribution in [-0.4, -0.2) is 56.0 Å². The Morgan fingerprint density at radius 1 is 0.824 bits per heavy atom. The number of rotatable bonds is 8. The molecular weight excluding hydrogens is 431 g/mol. The van der Waals surface area contributed by atoms with E-state index in [1.54, 1.807) is 36.4 Å². The van der Waals surface area contributed by atoms with Gasteiger partial charge in [0.25, 0.3) is 5.91 Å². The Hall–Kier alpha value is -3.71. The van der Waals surface area contributed by atoms with Gasteiger partial charge in [-0.05, 0) is 48.4 Å². The quantitative estimate of drug-likeness (QED) is 0.540. The molecule has 0 radical (unpaired) electrons. The summed E-state index contributed by atoms with van der Waals surface area (Å²) in [4.78, 5) is 29.7. The zero-order chi connectivity index (χ0) is 23.8. The largest absolute Gasteiger partial charge is 0.369 e. The molecule has 1 aliphatic heterocycles. The van der Waals surface area contributed by atoms with Crippen molar-refractivity contribution in [3.8, 4) is 0 Å². The lowest BCUT2D eigenvalue weighted by atomic mass is 10.1. The number of amides is 2. The van der Waals surface area contributed by atoms with E-state index in [9.17, 15) is 14.0 Å². The molecule has 7 heteroatoms. The average Bonchev–Trinajstić information content (AvgIpc) is 2.86. The molecule has 0 spiro atoms. The maximum Gasteiger partial charge on any atom is 0.253 e. The molecular formula is C27H29FN4O2. The normalized spacial score (nSPS) is 14.0. The Labute approximate surface area is 199 Å². The summed E-state index contributed by atoms with van der Waals surface area (Å²) in [6, 6.07) is 23.5. The van der Waals surface area contributed by atoms with Crippen LogP contribution in [0.3, 0.4) is 0 Å². The molecule has 1 aliphatic rings. The van der Waals surface area contributed by atoms with Crippen molar-refractivity contribution in [2.45, 2.75) is 6.42 Å². The molecule has 1 heterocycles. The molecule has 0 aromatic heterocycles. The van der Waals surface area contributed by atoms with Crippen molar-refractivity contribution >= 4 is 23.2 Å². The van der Waals surface area contributed by atoms with E-state index < -0.39 is 0 Å². The van der Waals surface area contributed by atoms with Crippen LogP contribution in [0.4, 0.5) is 15.8 Å². The molecule has 1 saturated heterocycles. The minimum atomic E-state index is -0.246. The molecule has 176 valence electrons. The lowest BCUT2D eigenvalue weighted by molar-refractivity contribution is -0.117. The van der Waals surface area contributed by atoms with E-state index in [0.717, 1.165) is 43.9 Å². The molecule has 0 aliphatic carbocycles. The number of anilines is 2. The first-order valence-corrected chi connectivity index (χ1v) is 11.5. The zero-order valence-electron chi connectivity index (χ0n) is 19.0. The number of piperazine rings is 1. The van der Waals surface area contributed by atoms with Gasteiger partial charge >= 0.3 is 0 Å². The van der Waals surface area contributed by atoms with Crippen LogP contribution in [0.15, 0.2) is 78.9 Å². The Morgan fingerprint density at radius 2 is 1.50 bits per heavy atom. The summed E-state index contributed by atoms with van der Waals surface area (Å²) in [6.45, 7) is 3.75.